The fraction of sp³-hybridized carbons (Fsp3) is 0.167. The van der Waals surface area contributed by atoms with E-state index in [2.05, 4.69) is 25.9 Å². The van der Waals surface area contributed by atoms with Crippen LogP contribution in [0.3, 0.4) is 0 Å². The molecule has 0 saturated heterocycles. The van der Waals surface area contributed by atoms with Gasteiger partial charge in [-0.05, 0) is 34.5 Å². The molecule has 0 fully saturated rings. The summed E-state index contributed by atoms with van der Waals surface area (Å²) < 4.78 is 19.4. The minimum atomic E-state index is -0.381. The van der Waals surface area contributed by atoms with Crippen LogP contribution in [0.2, 0.25) is 0 Å². The van der Waals surface area contributed by atoms with Crippen molar-refractivity contribution in [2.75, 3.05) is 5.73 Å². The zero-order valence-corrected chi connectivity index (χ0v) is 11.2. The average molecular weight is 312 g/mol. The van der Waals surface area contributed by atoms with E-state index in [9.17, 15) is 4.39 Å². The highest BCUT2D eigenvalue weighted by Gasteiger charge is 2.11. The van der Waals surface area contributed by atoms with Gasteiger partial charge in [0.1, 0.15) is 23.7 Å². The van der Waals surface area contributed by atoms with Crippen molar-refractivity contribution in [1.82, 2.24) is 9.97 Å². The Kier molecular flexibility index (Phi) is 3.76. The third-order valence-electron chi connectivity index (χ3n) is 2.39. The lowest BCUT2D eigenvalue weighted by Gasteiger charge is -2.11. The van der Waals surface area contributed by atoms with E-state index < -0.39 is 0 Å². The molecule has 94 valence electrons. The van der Waals surface area contributed by atoms with Crippen molar-refractivity contribution in [3.05, 3.63) is 40.4 Å². The van der Waals surface area contributed by atoms with E-state index in [0.29, 0.717) is 33.9 Å². The topological polar surface area (TPSA) is 61.0 Å². The van der Waals surface area contributed by atoms with Crippen molar-refractivity contribution in [2.45, 2.75) is 13.3 Å². The summed E-state index contributed by atoms with van der Waals surface area (Å²) in [6, 6.07) is 4.19. The molecule has 0 unspecified atom stereocenters. The average Bonchev–Trinajstić information content (AvgIpc) is 2.34. The lowest BCUT2D eigenvalue weighted by Crippen LogP contribution is -2.02. The molecule has 0 radical (unpaired) electrons. The molecule has 0 aliphatic heterocycles. The molecule has 0 aliphatic carbocycles. The standard InChI is InChI=1S/C12H11BrFN3O/c1-2-8-11(15)16-6-17-12(8)18-10-5-7(14)3-4-9(10)13/h3-6H,2H2,1H3,(H2,15,16,17). The molecule has 2 N–H and O–H groups in total. The van der Waals surface area contributed by atoms with Gasteiger partial charge in [-0.3, -0.25) is 0 Å². The second-order valence-electron chi connectivity index (χ2n) is 3.57. The second kappa shape index (κ2) is 5.30. The number of rotatable bonds is 3. The molecule has 4 nitrogen and oxygen atoms in total. The van der Waals surface area contributed by atoms with Gasteiger partial charge in [-0.1, -0.05) is 6.92 Å². The van der Waals surface area contributed by atoms with E-state index in [4.69, 9.17) is 10.5 Å². The van der Waals surface area contributed by atoms with Crippen LogP contribution in [0.5, 0.6) is 11.6 Å². The van der Waals surface area contributed by atoms with Gasteiger partial charge in [0.05, 0.1) is 10.0 Å². The highest BCUT2D eigenvalue weighted by atomic mass is 79.9. The van der Waals surface area contributed by atoms with E-state index in [0.717, 1.165) is 0 Å². The van der Waals surface area contributed by atoms with Gasteiger partial charge in [0, 0.05) is 6.07 Å². The molecule has 0 atom stereocenters. The fourth-order valence-electron chi connectivity index (χ4n) is 1.49. The Morgan fingerprint density at radius 1 is 1.39 bits per heavy atom. The van der Waals surface area contributed by atoms with Gasteiger partial charge in [0.15, 0.2) is 0 Å². The van der Waals surface area contributed by atoms with Crippen LogP contribution in [0, 0.1) is 5.82 Å². The molecular weight excluding hydrogens is 301 g/mol. The predicted molar refractivity (Wildman–Crippen MR) is 70.0 cm³/mol. The lowest BCUT2D eigenvalue weighted by atomic mass is 10.2. The molecule has 1 aromatic carbocycles. The summed E-state index contributed by atoms with van der Waals surface area (Å²) in [5.41, 5.74) is 6.44. The predicted octanol–water partition coefficient (Wildman–Crippen LogP) is 3.32. The number of anilines is 1. The molecule has 0 aliphatic rings. The van der Waals surface area contributed by atoms with Gasteiger partial charge >= 0.3 is 0 Å². The molecule has 1 aromatic heterocycles. The van der Waals surface area contributed by atoms with Crippen LogP contribution in [0.15, 0.2) is 29.0 Å². The molecule has 1 heterocycles. The van der Waals surface area contributed by atoms with Crippen molar-refractivity contribution in [3.63, 3.8) is 0 Å². The summed E-state index contributed by atoms with van der Waals surface area (Å²) in [5.74, 6) is 0.683. The van der Waals surface area contributed by atoms with Gasteiger partial charge in [-0.2, -0.15) is 0 Å². The van der Waals surface area contributed by atoms with Crippen molar-refractivity contribution < 1.29 is 9.13 Å². The first-order valence-electron chi connectivity index (χ1n) is 5.34. The molecule has 0 saturated carbocycles. The number of benzene rings is 1. The van der Waals surface area contributed by atoms with Gasteiger partial charge in [-0.15, -0.1) is 0 Å². The Hall–Kier alpha value is -1.69. The third-order valence-corrected chi connectivity index (χ3v) is 3.05. The number of aromatic nitrogens is 2. The summed E-state index contributed by atoms with van der Waals surface area (Å²) in [7, 11) is 0. The molecule has 0 bridgehead atoms. The van der Waals surface area contributed by atoms with Crippen LogP contribution in [-0.2, 0) is 6.42 Å². The Labute approximate surface area is 112 Å². The number of nitrogen functional groups attached to an aromatic ring is 1. The Morgan fingerprint density at radius 3 is 2.89 bits per heavy atom. The Bertz CT molecular complexity index is 577. The van der Waals surface area contributed by atoms with Crippen molar-refractivity contribution in [3.8, 4) is 11.6 Å². The lowest BCUT2D eigenvalue weighted by molar-refractivity contribution is 0.448. The summed E-state index contributed by atoms with van der Waals surface area (Å²) in [4.78, 5) is 7.91. The van der Waals surface area contributed by atoms with Crippen LogP contribution >= 0.6 is 15.9 Å². The number of hydrogen-bond donors (Lipinski definition) is 1. The van der Waals surface area contributed by atoms with Crippen molar-refractivity contribution >= 4 is 21.7 Å². The molecule has 0 spiro atoms. The number of hydrogen-bond acceptors (Lipinski definition) is 4. The van der Waals surface area contributed by atoms with Crippen LogP contribution in [-0.4, -0.2) is 9.97 Å². The largest absolute Gasteiger partial charge is 0.437 e. The maximum atomic E-state index is 13.2. The summed E-state index contributed by atoms with van der Waals surface area (Å²) in [6.07, 6.45) is 1.95. The van der Waals surface area contributed by atoms with Crippen molar-refractivity contribution in [2.24, 2.45) is 0 Å². The number of halogens is 2. The summed E-state index contributed by atoms with van der Waals surface area (Å²) >= 11 is 3.29. The smallest absolute Gasteiger partial charge is 0.227 e. The fourth-order valence-corrected chi connectivity index (χ4v) is 1.82. The molecule has 18 heavy (non-hydrogen) atoms. The first kappa shape index (κ1) is 12.8. The van der Waals surface area contributed by atoms with Gasteiger partial charge in [-0.25, -0.2) is 14.4 Å². The summed E-state index contributed by atoms with van der Waals surface area (Å²) in [6.45, 7) is 1.92. The quantitative estimate of drug-likeness (QED) is 0.944. The van der Waals surface area contributed by atoms with E-state index >= 15 is 0 Å². The number of nitrogens with two attached hydrogens (primary N) is 1. The maximum Gasteiger partial charge on any atom is 0.227 e. The molecular formula is C12H11BrFN3O. The van der Waals surface area contributed by atoms with Crippen LogP contribution in [0.4, 0.5) is 10.2 Å². The van der Waals surface area contributed by atoms with E-state index in [-0.39, 0.29) is 5.82 Å². The zero-order chi connectivity index (χ0) is 13.1. The monoisotopic (exact) mass is 311 g/mol. The summed E-state index contributed by atoms with van der Waals surface area (Å²) in [5, 5.41) is 0. The maximum absolute atomic E-state index is 13.2. The SMILES string of the molecule is CCc1c(N)ncnc1Oc1cc(F)ccc1Br. The van der Waals surface area contributed by atoms with E-state index in [1.54, 1.807) is 6.07 Å². The zero-order valence-electron chi connectivity index (χ0n) is 9.65. The van der Waals surface area contributed by atoms with Gasteiger partial charge in [0.2, 0.25) is 5.88 Å². The van der Waals surface area contributed by atoms with E-state index in [1.165, 1.54) is 18.5 Å². The van der Waals surface area contributed by atoms with Crippen LogP contribution in [0.25, 0.3) is 0 Å². The van der Waals surface area contributed by atoms with Gasteiger partial charge < -0.3 is 10.5 Å². The molecule has 6 heteroatoms. The van der Waals surface area contributed by atoms with Crippen LogP contribution in [0.1, 0.15) is 12.5 Å². The van der Waals surface area contributed by atoms with E-state index in [1.807, 2.05) is 6.92 Å². The van der Waals surface area contributed by atoms with Crippen LogP contribution < -0.4 is 10.5 Å². The molecule has 2 rings (SSSR count). The Morgan fingerprint density at radius 2 is 2.17 bits per heavy atom. The minimum absolute atomic E-state index is 0.344. The highest BCUT2D eigenvalue weighted by Crippen LogP contribution is 2.32. The molecule has 2 aromatic rings. The third kappa shape index (κ3) is 2.59. The second-order valence-corrected chi connectivity index (χ2v) is 4.43. The minimum Gasteiger partial charge on any atom is -0.437 e. The number of nitrogens with zero attached hydrogens (tertiary/aromatic N) is 2. The molecule has 0 amide bonds. The highest BCUT2D eigenvalue weighted by molar-refractivity contribution is 9.10. The first-order chi connectivity index (χ1) is 8.61. The normalized spacial score (nSPS) is 10.4. The Balaban J connectivity index is 2.40. The van der Waals surface area contributed by atoms with Gasteiger partial charge in [0.25, 0.3) is 0 Å². The van der Waals surface area contributed by atoms with Crippen molar-refractivity contribution in [1.29, 1.82) is 0 Å². The first-order valence-corrected chi connectivity index (χ1v) is 6.13. The number of ether oxygens (including phenoxy) is 1.